The summed E-state index contributed by atoms with van der Waals surface area (Å²) in [4.78, 5) is 30.4. The van der Waals surface area contributed by atoms with Gasteiger partial charge in [-0.15, -0.1) is 0 Å². The van der Waals surface area contributed by atoms with Crippen LogP contribution in [-0.4, -0.2) is 32.3 Å². The van der Waals surface area contributed by atoms with Crippen LogP contribution in [0.5, 0.6) is 11.5 Å². The summed E-state index contributed by atoms with van der Waals surface area (Å²) in [5.74, 6) is 4.68. The lowest BCUT2D eigenvalue weighted by Gasteiger charge is -2.18. The van der Waals surface area contributed by atoms with Crippen LogP contribution < -0.4 is 27.3 Å². The number of nitrogens with zero attached hydrogens (tertiary/aromatic N) is 1. The van der Waals surface area contributed by atoms with Crippen molar-refractivity contribution < 1.29 is 19.7 Å². The fourth-order valence-corrected chi connectivity index (χ4v) is 3.79. The Morgan fingerprint density at radius 3 is 2.50 bits per heavy atom. The minimum atomic E-state index is -1.21. The molecule has 10 nitrogen and oxygen atoms in total. The van der Waals surface area contributed by atoms with Crippen molar-refractivity contribution in [2.24, 2.45) is 5.84 Å². The molecule has 2 aromatic carbocycles. The molecular weight excluding hydrogens is 414 g/mol. The van der Waals surface area contributed by atoms with Gasteiger partial charge in [0, 0.05) is 0 Å². The second kappa shape index (κ2) is 8.60. The van der Waals surface area contributed by atoms with Gasteiger partial charge in [-0.1, -0.05) is 12.1 Å². The zero-order valence-corrected chi connectivity index (χ0v) is 17.1. The van der Waals surface area contributed by atoms with E-state index in [4.69, 9.17) is 21.4 Å². The van der Waals surface area contributed by atoms with E-state index in [1.54, 1.807) is 24.3 Å². The van der Waals surface area contributed by atoms with E-state index in [2.05, 4.69) is 15.4 Å². The predicted octanol–water partition coefficient (Wildman–Crippen LogP) is 2.70. The van der Waals surface area contributed by atoms with Gasteiger partial charge in [-0.25, -0.2) is 15.6 Å². The van der Waals surface area contributed by atoms with E-state index in [-0.39, 0.29) is 34.7 Å². The molecule has 1 fully saturated rings. The van der Waals surface area contributed by atoms with E-state index >= 15 is 0 Å². The predicted molar refractivity (Wildman–Crippen MR) is 119 cm³/mol. The summed E-state index contributed by atoms with van der Waals surface area (Å²) in [5.41, 5.74) is 9.05. The Balaban J connectivity index is 1.81. The molecule has 0 saturated heterocycles. The Morgan fingerprint density at radius 1 is 1.16 bits per heavy atom. The first kappa shape index (κ1) is 21.2. The van der Waals surface area contributed by atoms with Crippen LogP contribution in [0.1, 0.15) is 36.0 Å². The maximum Gasteiger partial charge on any atom is 0.339 e. The van der Waals surface area contributed by atoms with Crippen LogP contribution in [0, 0.1) is 0 Å². The van der Waals surface area contributed by atoms with Gasteiger partial charge in [-0.3, -0.25) is 4.79 Å². The van der Waals surface area contributed by atoms with Gasteiger partial charge in [0.25, 0.3) is 5.56 Å². The molecule has 10 heteroatoms. The summed E-state index contributed by atoms with van der Waals surface area (Å²) in [6, 6.07) is 9.61. The maximum absolute atomic E-state index is 12.2. The number of aromatic hydroxyl groups is 1. The van der Waals surface area contributed by atoms with Crippen molar-refractivity contribution in [3.05, 3.63) is 52.3 Å². The normalized spacial score (nSPS) is 13.8. The first-order valence-corrected chi connectivity index (χ1v) is 10.1. The first-order valence-electron chi connectivity index (χ1n) is 10.1. The molecule has 166 valence electrons. The zero-order chi connectivity index (χ0) is 22.8. The van der Waals surface area contributed by atoms with Crippen molar-refractivity contribution >= 4 is 17.5 Å². The molecule has 1 aromatic heterocycles. The minimum absolute atomic E-state index is 0.0272. The number of hydrazine groups is 1. The number of hydrogen-bond donors (Lipinski definition) is 6. The second-order valence-corrected chi connectivity index (χ2v) is 7.59. The minimum Gasteiger partial charge on any atom is -0.507 e. The number of anilines is 2. The number of carboxylic acids is 1. The molecule has 1 aliphatic carbocycles. The summed E-state index contributed by atoms with van der Waals surface area (Å²) in [7, 11) is 0. The van der Waals surface area contributed by atoms with Crippen molar-refractivity contribution in [3.63, 3.8) is 0 Å². The highest BCUT2D eigenvalue weighted by Gasteiger charge is 2.21. The van der Waals surface area contributed by atoms with Crippen molar-refractivity contribution in [2.45, 2.75) is 31.8 Å². The van der Waals surface area contributed by atoms with Gasteiger partial charge in [-0.2, -0.15) is 0 Å². The monoisotopic (exact) mass is 437 g/mol. The average molecular weight is 437 g/mol. The molecule has 32 heavy (non-hydrogen) atoms. The quantitative estimate of drug-likeness (QED) is 0.250. The smallest absolute Gasteiger partial charge is 0.339 e. The van der Waals surface area contributed by atoms with Gasteiger partial charge >= 0.3 is 5.97 Å². The second-order valence-electron chi connectivity index (χ2n) is 7.59. The fraction of sp³-hybridized carbons (Fsp3) is 0.227. The molecule has 3 aromatic rings. The number of phenols is 1. The number of hydrogen-bond acceptors (Lipinski definition) is 8. The number of nitrogens with one attached hydrogen (secondary N) is 2. The molecule has 0 aliphatic heterocycles. The van der Waals surface area contributed by atoms with Gasteiger partial charge in [0.05, 0.1) is 11.7 Å². The number of ether oxygens (including phenoxy) is 1. The number of H-pyrrole nitrogens is 1. The largest absolute Gasteiger partial charge is 0.507 e. The molecule has 1 heterocycles. The maximum atomic E-state index is 12.2. The van der Waals surface area contributed by atoms with Crippen molar-refractivity contribution in [2.75, 3.05) is 11.2 Å². The molecule has 0 unspecified atom stereocenters. The molecule has 1 aliphatic rings. The van der Waals surface area contributed by atoms with Gasteiger partial charge in [-0.05, 0) is 61.1 Å². The van der Waals surface area contributed by atoms with E-state index in [1.165, 1.54) is 12.1 Å². The van der Waals surface area contributed by atoms with E-state index in [0.29, 0.717) is 22.4 Å². The summed E-state index contributed by atoms with van der Waals surface area (Å²) < 4.78 is 6.26. The lowest BCUT2D eigenvalue weighted by atomic mass is 10.0. The highest BCUT2D eigenvalue weighted by atomic mass is 16.5. The Kier molecular flexibility index (Phi) is 5.69. The van der Waals surface area contributed by atoms with Crippen LogP contribution >= 0.6 is 0 Å². The number of nitrogen functional groups attached to an aromatic ring is 2. The number of aromatic amines is 1. The molecule has 0 amide bonds. The molecule has 0 radical (unpaired) electrons. The molecular formula is C22H23N5O5. The summed E-state index contributed by atoms with van der Waals surface area (Å²) in [6.45, 7) is 0. The number of carboxylic acid groups (broad SMARTS) is 1. The highest BCUT2D eigenvalue weighted by Crippen LogP contribution is 2.37. The highest BCUT2D eigenvalue weighted by molar-refractivity contribution is 5.92. The Labute approximate surface area is 182 Å². The standard InChI is InChI=1S/C22H23N5O5/c23-18-20(27-24)25-19(26-21(18)29)15-8-6-12(10-17(15)32-13-3-1-2-4-13)11-5-7-14(22(30)31)16(28)9-11/h5-10,13,28H,1-4,23-24H2,(H,30,31)(H2,25,26,27,29). The third-order valence-corrected chi connectivity index (χ3v) is 5.49. The van der Waals surface area contributed by atoms with E-state index < -0.39 is 11.5 Å². The van der Waals surface area contributed by atoms with E-state index in [0.717, 1.165) is 25.7 Å². The van der Waals surface area contributed by atoms with Gasteiger partial charge in [0.2, 0.25) is 0 Å². The van der Waals surface area contributed by atoms with E-state index in [1.807, 2.05) is 0 Å². The van der Waals surface area contributed by atoms with Gasteiger partial charge < -0.3 is 31.1 Å². The number of nitrogens with two attached hydrogens (primary N) is 2. The molecule has 1 saturated carbocycles. The lowest BCUT2D eigenvalue weighted by Crippen LogP contribution is -2.21. The zero-order valence-electron chi connectivity index (χ0n) is 17.1. The van der Waals surface area contributed by atoms with Crippen molar-refractivity contribution in [1.82, 2.24) is 9.97 Å². The number of carbonyl (C=O) groups is 1. The summed E-state index contributed by atoms with van der Waals surface area (Å²) >= 11 is 0. The topological polar surface area (TPSA) is 177 Å². The Bertz CT molecular complexity index is 1230. The molecule has 0 spiro atoms. The van der Waals surface area contributed by atoms with Crippen LogP contribution in [-0.2, 0) is 0 Å². The SMILES string of the molecule is NNc1nc(-c2ccc(-c3ccc(C(=O)O)c(O)c3)cc2OC2CCCC2)[nH]c(=O)c1N. The van der Waals surface area contributed by atoms with Crippen LogP contribution in [0.25, 0.3) is 22.5 Å². The third kappa shape index (κ3) is 4.08. The summed E-state index contributed by atoms with van der Waals surface area (Å²) in [5, 5.41) is 19.2. The van der Waals surface area contributed by atoms with Crippen molar-refractivity contribution in [3.8, 4) is 34.0 Å². The first-order chi connectivity index (χ1) is 15.4. The number of aromatic carboxylic acids is 1. The number of benzene rings is 2. The van der Waals surface area contributed by atoms with Crippen molar-refractivity contribution in [1.29, 1.82) is 0 Å². The number of rotatable bonds is 6. The number of aromatic nitrogens is 2. The van der Waals surface area contributed by atoms with Gasteiger partial charge in [0.1, 0.15) is 28.6 Å². The molecule has 0 bridgehead atoms. The molecule has 4 rings (SSSR count). The lowest BCUT2D eigenvalue weighted by molar-refractivity contribution is 0.0693. The van der Waals surface area contributed by atoms with Crippen LogP contribution in [0.3, 0.4) is 0 Å². The van der Waals surface area contributed by atoms with Crippen LogP contribution in [0.15, 0.2) is 41.2 Å². The fourth-order valence-electron chi connectivity index (χ4n) is 3.79. The van der Waals surface area contributed by atoms with Gasteiger partial charge in [0.15, 0.2) is 5.82 Å². The van der Waals surface area contributed by atoms with Crippen LogP contribution in [0.4, 0.5) is 11.5 Å². The Hall–Kier alpha value is -4.05. The van der Waals surface area contributed by atoms with E-state index in [9.17, 15) is 14.7 Å². The van der Waals surface area contributed by atoms with Crippen LogP contribution in [0.2, 0.25) is 0 Å². The molecule has 0 atom stereocenters. The third-order valence-electron chi connectivity index (χ3n) is 5.49. The molecule has 8 N–H and O–H groups in total. The average Bonchev–Trinajstić information content (AvgIpc) is 3.28. The Morgan fingerprint density at radius 2 is 1.84 bits per heavy atom. The summed E-state index contributed by atoms with van der Waals surface area (Å²) in [6.07, 6.45) is 4.00.